The number of carbonyl (C=O) groups excluding carboxylic acids is 1. The van der Waals surface area contributed by atoms with E-state index in [1.165, 1.54) is 6.07 Å². The van der Waals surface area contributed by atoms with E-state index >= 15 is 0 Å². The average Bonchev–Trinajstić information content (AvgIpc) is 3.16. The molecule has 7 heteroatoms. The quantitative estimate of drug-likeness (QED) is 0.297. The summed E-state index contributed by atoms with van der Waals surface area (Å²) in [6, 6.07) is 18.3. The molecule has 0 aliphatic heterocycles. The highest BCUT2D eigenvalue weighted by molar-refractivity contribution is 5.92. The van der Waals surface area contributed by atoms with Gasteiger partial charge >= 0.3 is 0 Å². The van der Waals surface area contributed by atoms with Gasteiger partial charge in [-0.2, -0.15) is 0 Å². The van der Waals surface area contributed by atoms with Crippen LogP contribution in [0.3, 0.4) is 0 Å². The van der Waals surface area contributed by atoms with E-state index in [-0.39, 0.29) is 5.69 Å². The molecule has 1 heterocycles. The number of carbonyl (C=O) groups is 1. The fourth-order valence-electron chi connectivity index (χ4n) is 2.14. The normalized spacial score (nSPS) is 10.3. The van der Waals surface area contributed by atoms with E-state index in [2.05, 4.69) is 5.16 Å². The third kappa shape index (κ3) is 4.36. The standard InChI is InChI=1S/C18H17N3O4/c19-20-18(22)16-12-17(25-21-16)13-6-8-15(9-7-13)24-11-10-23-14-4-2-1-3-5-14/h1-9,12H,10-11,19H2,(H,20,22). The van der Waals surface area contributed by atoms with Gasteiger partial charge in [-0.1, -0.05) is 23.4 Å². The first-order chi connectivity index (χ1) is 12.3. The molecular formula is C18H17N3O4. The van der Waals surface area contributed by atoms with Gasteiger partial charge in [-0.15, -0.1) is 0 Å². The average molecular weight is 339 g/mol. The highest BCUT2D eigenvalue weighted by atomic mass is 16.5. The van der Waals surface area contributed by atoms with Crippen molar-refractivity contribution in [3.63, 3.8) is 0 Å². The van der Waals surface area contributed by atoms with Crippen LogP contribution in [0.5, 0.6) is 11.5 Å². The zero-order valence-electron chi connectivity index (χ0n) is 13.3. The fourth-order valence-corrected chi connectivity index (χ4v) is 2.14. The first-order valence-corrected chi connectivity index (χ1v) is 7.65. The Hall–Kier alpha value is -3.32. The Morgan fingerprint density at radius 1 is 1.00 bits per heavy atom. The van der Waals surface area contributed by atoms with E-state index in [4.69, 9.17) is 19.8 Å². The van der Waals surface area contributed by atoms with Crippen molar-refractivity contribution in [2.24, 2.45) is 5.84 Å². The summed E-state index contributed by atoms with van der Waals surface area (Å²) in [7, 11) is 0. The number of nitrogen functional groups attached to an aromatic ring is 1. The van der Waals surface area contributed by atoms with E-state index < -0.39 is 5.91 Å². The number of ether oxygens (including phenoxy) is 2. The summed E-state index contributed by atoms with van der Waals surface area (Å²) in [5, 5.41) is 3.66. The van der Waals surface area contributed by atoms with Crippen LogP contribution in [0.4, 0.5) is 0 Å². The van der Waals surface area contributed by atoms with Gasteiger partial charge < -0.3 is 14.0 Å². The Morgan fingerprint density at radius 2 is 1.64 bits per heavy atom. The van der Waals surface area contributed by atoms with Crippen molar-refractivity contribution in [2.45, 2.75) is 0 Å². The van der Waals surface area contributed by atoms with Crippen LogP contribution in [0, 0.1) is 0 Å². The van der Waals surface area contributed by atoms with Crippen molar-refractivity contribution < 1.29 is 18.8 Å². The molecule has 0 atom stereocenters. The van der Waals surface area contributed by atoms with Gasteiger partial charge in [0.25, 0.3) is 5.91 Å². The van der Waals surface area contributed by atoms with Crippen LogP contribution in [-0.4, -0.2) is 24.3 Å². The molecular weight excluding hydrogens is 322 g/mol. The van der Waals surface area contributed by atoms with Crippen molar-refractivity contribution in [1.82, 2.24) is 10.6 Å². The molecule has 2 aromatic carbocycles. The molecule has 25 heavy (non-hydrogen) atoms. The lowest BCUT2D eigenvalue weighted by molar-refractivity contribution is 0.0944. The molecule has 0 radical (unpaired) electrons. The van der Waals surface area contributed by atoms with Crippen LogP contribution in [0.1, 0.15) is 10.5 Å². The zero-order chi connectivity index (χ0) is 17.5. The Kier molecular flexibility index (Phi) is 5.28. The maximum Gasteiger partial charge on any atom is 0.287 e. The summed E-state index contributed by atoms with van der Waals surface area (Å²) < 4.78 is 16.3. The summed E-state index contributed by atoms with van der Waals surface area (Å²) >= 11 is 0. The van der Waals surface area contributed by atoms with Crippen molar-refractivity contribution >= 4 is 5.91 Å². The molecule has 3 N–H and O–H groups in total. The monoisotopic (exact) mass is 339 g/mol. The molecule has 0 aliphatic carbocycles. The molecule has 0 spiro atoms. The highest BCUT2D eigenvalue weighted by Crippen LogP contribution is 2.23. The predicted octanol–water partition coefficient (Wildman–Crippen LogP) is 2.40. The number of hydrogen-bond acceptors (Lipinski definition) is 6. The second kappa shape index (κ2) is 7.98. The number of hydrazine groups is 1. The van der Waals surface area contributed by atoms with Gasteiger partial charge in [0.15, 0.2) is 11.5 Å². The molecule has 1 aromatic heterocycles. The van der Waals surface area contributed by atoms with Crippen molar-refractivity contribution in [3.8, 4) is 22.8 Å². The van der Waals surface area contributed by atoms with Gasteiger partial charge in [0.2, 0.25) is 0 Å². The number of amides is 1. The molecule has 0 fully saturated rings. The summed E-state index contributed by atoms with van der Waals surface area (Å²) in [6.45, 7) is 0.878. The summed E-state index contributed by atoms with van der Waals surface area (Å²) in [5.74, 6) is 6.54. The maximum atomic E-state index is 11.4. The largest absolute Gasteiger partial charge is 0.490 e. The molecule has 1 amide bonds. The van der Waals surface area contributed by atoms with E-state index in [9.17, 15) is 4.79 Å². The molecule has 128 valence electrons. The second-order valence-electron chi connectivity index (χ2n) is 5.08. The van der Waals surface area contributed by atoms with Crippen molar-refractivity contribution in [3.05, 3.63) is 66.4 Å². The lowest BCUT2D eigenvalue weighted by atomic mass is 10.1. The summed E-state index contributed by atoms with van der Waals surface area (Å²) in [6.07, 6.45) is 0. The lowest BCUT2D eigenvalue weighted by Gasteiger charge is -2.08. The van der Waals surface area contributed by atoms with Gasteiger partial charge in [0, 0.05) is 11.6 Å². The van der Waals surface area contributed by atoms with E-state index in [1.54, 1.807) is 0 Å². The number of nitrogens with one attached hydrogen (secondary N) is 1. The highest BCUT2D eigenvalue weighted by Gasteiger charge is 2.12. The van der Waals surface area contributed by atoms with Crippen molar-refractivity contribution in [1.29, 1.82) is 0 Å². The zero-order valence-corrected chi connectivity index (χ0v) is 13.3. The molecule has 0 saturated carbocycles. The van der Waals surface area contributed by atoms with Gasteiger partial charge in [0.05, 0.1) is 0 Å². The molecule has 0 unspecified atom stereocenters. The van der Waals surface area contributed by atoms with Gasteiger partial charge in [0.1, 0.15) is 24.7 Å². The van der Waals surface area contributed by atoms with Gasteiger partial charge in [-0.05, 0) is 36.4 Å². The topological polar surface area (TPSA) is 99.6 Å². The minimum Gasteiger partial charge on any atom is -0.490 e. The van der Waals surface area contributed by atoms with E-state index in [1.807, 2.05) is 60.0 Å². The number of aromatic nitrogens is 1. The summed E-state index contributed by atoms with van der Waals surface area (Å²) in [4.78, 5) is 11.4. The number of rotatable bonds is 7. The first kappa shape index (κ1) is 16.5. The third-order valence-corrected chi connectivity index (χ3v) is 3.38. The second-order valence-corrected chi connectivity index (χ2v) is 5.08. The molecule has 0 saturated heterocycles. The first-order valence-electron chi connectivity index (χ1n) is 7.65. The van der Waals surface area contributed by atoms with Gasteiger partial charge in [-0.25, -0.2) is 5.84 Å². The minimum absolute atomic E-state index is 0.121. The van der Waals surface area contributed by atoms with Crippen LogP contribution in [0.15, 0.2) is 65.2 Å². The lowest BCUT2D eigenvalue weighted by Crippen LogP contribution is -2.30. The number of nitrogens with zero attached hydrogens (tertiary/aromatic N) is 1. The van der Waals surface area contributed by atoms with Crippen LogP contribution in [0.2, 0.25) is 0 Å². The third-order valence-electron chi connectivity index (χ3n) is 3.38. The minimum atomic E-state index is -0.506. The Bertz CT molecular complexity index is 816. The van der Waals surface area contributed by atoms with Crippen molar-refractivity contribution in [2.75, 3.05) is 13.2 Å². The molecule has 7 nitrogen and oxygen atoms in total. The number of nitrogens with two attached hydrogens (primary N) is 1. The Balaban J connectivity index is 1.52. The molecule has 3 rings (SSSR count). The number of benzene rings is 2. The van der Waals surface area contributed by atoms with Crippen LogP contribution in [-0.2, 0) is 0 Å². The van der Waals surface area contributed by atoms with Crippen LogP contribution >= 0.6 is 0 Å². The molecule has 0 aliphatic rings. The van der Waals surface area contributed by atoms with E-state index in [0.717, 1.165) is 11.3 Å². The Labute approximate surface area is 144 Å². The van der Waals surface area contributed by atoms with Crippen LogP contribution in [0.25, 0.3) is 11.3 Å². The van der Waals surface area contributed by atoms with Crippen LogP contribution < -0.4 is 20.7 Å². The SMILES string of the molecule is NNC(=O)c1cc(-c2ccc(OCCOc3ccccc3)cc2)on1. The molecule has 3 aromatic rings. The summed E-state index contributed by atoms with van der Waals surface area (Å²) in [5.41, 5.74) is 2.90. The smallest absolute Gasteiger partial charge is 0.287 e. The fraction of sp³-hybridized carbons (Fsp3) is 0.111. The Morgan fingerprint density at radius 3 is 2.28 bits per heavy atom. The molecule has 0 bridgehead atoms. The van der Waals surface area contributed by atoms with E-state index in [0.29, 0.717) is 24.7 Å². The maximum absolute atomic E-state index is 11.4. The number of hydrogen-bond donors (Lipinski definition) is 2. The predicted molar refractivity (Wildman–Crippen MR) is 91.0 cm³/mol. The van der Waals surface area contributed by atoms with Gasteiger partial charge in [-0.3, -0.25) is 10.2 Å². The number of para-hydroxylation sites is 1.